The molecule has 0 radical (unpaired) electrons. The van der Waals surface area contributed by atoms with E-state index in [0.717, 1.165) is 17.9 Å². The van der Waals surface area contributed by atoms with E-state index >= 15 is 0 Å². The molecule has 1 aliphatic rings. The Morgan fingerprint density at radius 2 is 2.25 bits per heavy atom. The summed E-state index contributed by atoms with van der Waals surface area (Å²) in [6, 6.07) is -0.112. The highest BCUT2D eigenvalue weighted by atomic mass is 32.2. The van der Waals surface area contributed by atoms with Crippen LogP contribution in [0.5, 0.6) is 0 Å². The Morgan fingerprint density at radius 1 is 1.58 bits per heavy atom. The molecule has 1 fully saturated rings. The summed E-state index contributed by atoms with van der Waals surface area (Å²) < 4.78 is 31.7. The standard InChI is InChI=1S/C6H13NO3S2/c1-5-2-3-11-4-6(5)7-12(8,9)10/h5-7H,2-4H2,1H3,(H,8,9,10)/t5-,6-/m1/s1. The first-order valence-electron chi connectivity index (χ1n) is 3.81. The van der Waals surface area contributed by atoms with Crippen LogP contribution < -0.4 is 4.72 Å². The van der Waals surface area contributed by atoms with Gasteiger partial charge in [-0.3, -0.25) is 4.55 Å². The van der Waals surface area contributed by atoms with Gasteiger partial charge in [-0.2, -0.15) is 24.9 Å². The van der Waals surface area contributed by atoms with Crippen LogP contribution in [-0.2, 0) is 10.3 Å². The number of rotatable bonds is 2. The van der Waals surface area contributed by atoms with Crippen molar-refractivity contribution in [3.05, 3.63) is 0 Å². The van der Waals surface area contributed by atoms with E-state index in [9.17, 15) is 8.42 Å². The van der Waals surface area contributed by atoms with Gasteiger partial charge in [-0.15, -0.1) is 0 Å². The maximum absolute atomic E-state index is 10.5. The fraction of sp³-hybridized carbons (Fsp3) is 1.00. The Bertz CT molecular complexity index is 239. The maximum atomic E-state index is 10.5. The van der Waals surface area contributed by atoms with Crippen LogP contribution in [0.3, 0.4) is 0 Å². The van der Waals surface area contributed by atoms with Gasteiger partial charge < -0.3 is 0 Å². The topological polar surface area (TPSA) is 66.4 Å². The Labute approximate surface area is 77.0 Å². The predicted octanol–water partition coefficient (Wildman–Crippen LogP) is 0.520. The van der Waals surface area contributed by atoms with Crippen molar-refractivity contribution in [3.63, 3.8) is 0 Å². The van der Waals surface area contributed by atoms with Crippen LogP contribution in [0.15, 0.2) is 0 Å². The molecule has 0 unspecified atom stereocenters. The van der Waals surface area contributed by atoms with E-state index in [0.29, 0.717) is 5.92 Å². The minimum atomic E-state index is -4.02. The van der Waals surface area contributed by atoms with Gasteiger partial charge in [0.15, 0.2) is 0 Å². The summed E-state index contributed by atoms with van der Waals surface area (Å²) in [5.41, 5.74) is 0. The fourth-order valence-electron chi connectivity index (χ4n) is 1.19. The fourth-order valence-corrected chi connectivity index (χ4v) is 3.36. The first kappa shape index (κ1) is 10.3. The van der Waals surface area contributed by atoms with E-state index in [1.165, 1.54) is 0 Å². The molecular formula is C6H13NO3S2. The third kappa shape index (κ3) is 3.30. The Morgan fingerprint density at radius 3 is 2.75 bits per heavy atom. The zero-order valence-electron chi connectivity index (χ0n) is 6.86. The molecule has 2 N–H and O–H groups in total. The van der Waals surface area contributed by atoms with Gasteiger partial charge in [0.25, 0.3) is 0 Å². The molecule has 4 nitrogen and oxygen atoms in total. The van der Waals surface area contributed by atoms with E-state index in [1.54, 1.807) is 11.8 Å². The summed E-state index contributed by atoms with van der Waals surface area (Å²) in [4.78, 5) is 0. The van der Waals surface area contributed by atoms with Crippen LogP contribution in [-0.4, -0.2) is 30.5 Å². The summed E-state index contributed by atoms with van der Waals surface area (Å²) >= 11 is 1.71. The van der Waals surface area contributed by atoms with Crippen LogP contribution in [0.4, 0.5) is 0 Å². The van der Waals surface area contributed by atoms with Crippen molar-refractivity contribution in [3.8, 4) is 0 Å². The minimum Gasteiger partial charge on any atom is -0.273 e. The van der Waals surface area contributed by atoms with E-state index in [4.69, 9.17) is 4.55 Å². The molecule has 0 bridgehead atoms. The third-order valence-electron chi connectivity index (χ3n) is 2.00. The zero-order valence-corrected chi connectivity index (χ0v) is 8.49. The number of thioether (sulfide) groups is 1. The van der Waals surface area contributed by atoms with Crippen molar-refractivity contribution in [2.24, 2.45) is 5.92 Å². The average Bonchev–Trinajstić information content (AvgIpc) is 1.91. The number of hydrogen-bond donors (Lipinski definition) is 2. The molecule has 6 heteroatoms. The van der Waals surface area contributed by atoms with Crippen molar-refractivity contribution in [1.82, 2.24) is 4.72 Å². The summed E-state index contributed by atoms with van der Waals surface area (Å²) in [7, 11) is -4.02. The summed E-state index contributed by atoms with van der Waals surface area (Å²) in [6.45, 7) is 1.99. The van der Waals surface area contributed by atoms with E-state index in [1.807, 2.05) is 6.92 Å². The van der Waals surface area contributed by atoms with Gasteiger partial charge in [0.05, 0.1) is 0 Å². The monoisotopic (exact) mass is 211 g/mol. The summed E-state index contributed by atoms with van der Waals surface area (Å²) in [5, 5.41) is 0. The third-order valence-corrected chi connectivity index (χ3v) is 3.72. The lowest BCUT2D eigenvalue weighted by Crippen LogP contribution is -2.42. The average molecular weight is 211 g/mol. The highest BCUT2D eigenvalue weighted by Gasteiger charge is 2.24. The highest BCUT2D eigenvalue weighted by Crippen LogP contribution is 2.22. The van der Waals surface area contributed by atoms with Gasteiger partial charge in [-0.05, 0) is 18.1 Å². The molecule has 0 spiro atoms. The van der Waals surface area contributed by atoms with E-state index in [2.05, 4.69) is 4.72 Å². The smallest absolute Gasteiger partial charge is 0.273 e. The lowest BCUT2D eigenvalue weighted by atomic mass is 10.0. The van der Waals surface area contributed by atoms with Crippen LogP contribution in [0.25, 0.3) is 0 Å². The second-order valence-corrected chi connectivity index (χ2v) is 5.38. The SMILES string of the molecule is C[C@@H]1CCSC[C@H]1NS(=O)(=O)O. The van der Waals surface area contributed by atoms with Crippen LogP contribution in [0, 0.1) is 5.92 Å². The molecule has 0 aromatic rings. The van der Waals surface area contributed by atoms with Crippen LogP contribution in [0.1, 0.15) is 13.3 Å². The molecule has 72 valence electrons. The molecule has 0 saturated carbocycles. The molecule has 0 amide bonds. The lowest BCUT2D eigenvalue weighted by molar-refractivity contribution is 0.401. The van der Waals surface area contributed by atoms with Gasteiger partial charge in [-0.1, -0.05) is 6.92 Å². The minimum absolute atomic E-state index is 0.112. The largest absolute Gasteiger partial charge is 0.333 e. The molecule has 0 aromatic heterocycles. The van der Waals surface area contributed by atoms with Crippen molar-refractivity contribution in [2.45, 2.75) is 19.4 Å². The molecular weight excluding hydrogens is 198 g/mol. The number of nitrogens with one attached hydrogen (secondary N) is 1. The van der Waals surface area contributed by atoms with E-state index in [-0.39, 0.29) is 6.04 Å². The molecule has 1 saturated heterocycles. The van der Waals surface area contributed by atoms with Crippen molar-refractivity contribution in [1.29, 1.82) is 0 Å². The summed E-state index contributed by atoms with van der Waals surface area (Å²) in [6.07, 6.45) is 0.998. The Hall–Kier alpha value is 0.220. The van der Waals surface area contributed by atoms with Crippen molar-refractivity contribution >= 4 is 22.1 Å². The second kappa shape index (κ2) is 3.95. The molecule has 12 heavy (non-hydrogen) atoms. The predicted molar refractivity (Wildman–Crippen MR) is 49.6 cm³/mol. The maximum Gasteiger partial charge on any atom is 0.333 e. The Balaban J connectivity index is 2.50. The van der Waals surface area contributed by atoms with Gasteiger partial charge in [0.1, 0.15) is 0 Å². The van der Waals surface area contributed by atoms with Crippen molar-refractivity contribution in [2.75, 3.05) is 11.5 Å². The van der Waals surface area contributed by atoms with Crippen molar-refractivity contribution < 1.29 is 13.0 Å². The van der Waals surface area contributed by atoms with E-state index < -0.39 is 10.3 Å². The molecule has 1 rings (SSSR count). The lowest BCUT2D eigenvalue weighted by Gasteiger charge is -2.27. The Kier molecular flexibility index (Phi) is 3.39. The van der Waals surface area contributed by atoms with Gasteiger partial charge in [-0.25, -0.2) is 0 Å². The molecule has 0 aromatic carbocycles. The van der Waals surface area contributed by atoms with Gasteiger partial charge in [0.2, 0.25) is 0 Å². The summed E-state index contributed by atoms with van der Waals surface area (Å²) in [5.74, 6) is 2.14. The first-order chi connectivity index (χ1) is 5.49. The van der Waals surface area contributed by atoms with Gasteiger partial charge >= 0.3 is 10.3 Å². The highest BCUT2D eigenvalue weighted by molar-refractivity contribution is 7.99. The quantitative estimate of drug-likeness (QED) is 0.654. The molecule has 0 aliphatic carbocycles. The second-order valence-electron chi connectivity index (χ2n) is 3.04. The number of hydrogen-bond acceptors (Lipinski definition) is 3. The van der Waals surface area contributed by atoms with Gasteiger partial charge in [0, 0.05) is 11.8 Å². The molecule has 1 heterocycles. The zero-order chi connectivity index (χ0) is 9.19. The van der Waals surface area contributed by atoms with Crippen LogP contribution >= 0.6 is 11.8 Å². The molecule has 2 atom stereocenters. The normalized spacial score (nSPS) is 31.8. The first-order valence-corrected chi connectivity index (χ1v) is 6.41. The molecule has 1 aliphatic heterocycles. The van der Waals surface area contributed by atoms with Crippen LogP contribution in [0.2, 0.25) is 0 Å².